The molecule has 0 aliphatic rings. The molecular formula is C17H15N5O2. The second kappa shape index (κ2) is 6.10. The van der Waals surface area contributed by atoms with Crippen LogP contribution in [0.15, 0.2) is 36.9 Å². The number of likely N-dealkylation sites (N-methyl/N-ethyl adjacent to an activating group) is 1. The number of nitrogens with one attached hydrogen (secondary N) is 1. The minimum atomic E-state index is -1.30. The van der Waals surface area contributed by atoms with Gasteiger partial charge in [0.1, 0.15) is 11.7 Å². The Bertz CT molecular complexity index is 955. The average Bonchev–Trinajstić information content (AvgIpc) is 3.08. The van der Waals surface area contributed by atoms with Gasteiger partial charge in [0.2, 0.25) is 0 Å². The van der Waals surface area contributed by atoms with E-state index in [1.807, 2.05) is 0 Å². The fraction of sp³-hybridized carbons (Fsp3) is 0.176. The minimum absolute atomic E-state index is 0.365. The highest BCUT2D eigenvalue weighted by Gasteiger charge is 2.20. The van der Waals surface area contributed by atoms with Crippen LogP contribution < -0.4 is 0 Å². The number of hydrogen-bond donors (Lipinski definition) is 2. The number of aliphatic hydroxyl groups excluding tert-OH is 1. The van der Waals surface area contributed by atoms with E-state index in [1.54, 1.807) is 44.8 Å². The number of H-pyrrole nitrogens is 1. The molecule has 0 spiro atoms. The first kappa shape index (κ1) is 15.6. The predicted octanol–water partition coefficient (Wildman–Crippen LogP) is 1.62. The van der Waals surface area contributed by atoms with Gasteiger partial charge in [0.25, 0.3) is 5.91 Å². The molecule has 0 saturated heterocycles. The Balaban J connectivity index is 2.10. The third-order valence-electron chi connectivity index (χ3n) is 3.76. The van der Waals surface area contributed by atoms with Crippen molar-refractivity contribution in [1.29, 1.82) is 5.26 Å². The third kappa shape index (κ3) is 2.59. The quantitative estimate of drug-likeness (QED) is 0.762. The summed E-state index contributed by atoms with van der Waals surface area (Å²) in [7, 11) is 3.14. The Morgan fingerprint density at radius 3 is 2.88 bits per heavy atom. The van der Waals surface area contributed by atoms with Crippen LogP contribution in [0, 0.1) is 11.3 Å². The molecule has 1 atom stereocenters. The minimum Gasteiger partial charge on any atom is -0.378 e. The second-order valence-electron chi connectivity index (χ2n) is 5.54. The molecule has 120 valence electrons. The van der Waals surface area contributed by atoms with Crippen molar-refractivity contribution in [1.82, 2.24) is 19.9 Å². The molecule has 2 N–H and O–H groups in total. The molecule has 7 heteroatoms. The van der Waals surface area contributed by atoms with Gasteiger partial charge in [-0.05, 0) is 12.1 Å². The zero-order chi connectivity index (χ0) is 17.3. The maximum Gasteiger partial charge on any atom is 0.255 e. The molecule has 0 aliphatic heterocycles. The number of pyridine rings is 2. The van der Waals surface area contributed by atoms with Crippen molar-refractivity contribution in [2.24, 2.45) is 0 Å². The number of aliphatic hydroxyl groups is 1. The number of fused-ring (bicyclic) bond motifs is 1. The van der Waals surface area contributed by atoms with E-state index in [9.17, 15) is 15.2 Å². The second-order valence-corrected chi connectivity index (χ2v) is 5.54. The molecule has 3 rings (SSSR count). The van der Waals surface area contributed by atoms with Crippen molar-refractivity contribution in [2.75, 3.05) is 14.1 Å². The van der Waals surface area contributed by atoms with Crippen LogP contribution in [0.4, 0.5) is 0 Å². The molecule has 1 amide bonds. The molecule has 0 saturated carbocycles. The lowest BCUT2D eigenvalue weighted by atomic mass is 9.99. The summed E-state index contributed by atoms with van der Waals surface area (Å²) in [5.41, 5.74) is 2.67. The standard InChI is InChI=1S/C17H15N5O2/c1-22(2)17(24)15(23)11-5-10(7-19-8-11)14-9-21-16-12(3-4-20-16)13(14)6-18/h3-5,7-9,15,23H,1-2H3,(H,20,21). The summed E-state index contributed by atoms with van der Waals surface area (Å²) < 4.78 is 0. The van der Waals surface area contributed by atoms with Crippen LogP contribution >= 0.6 is 0 Å². The fourth-order valence-electron chi connectivity index (χ4n) is 2.49. The number of aromatic nitrogens is 3. The Morgan fingerprint density at radius 1 is 1.38 bits per heavy atom. The van der Waals surface area contributed by atoms with E-state index in [1.165, 1.54) is 11.1 Å². The molecule has 0 radical (unpaired) electrons. The molecule has 0 aliphatic carbocycles. The van der Waals surface area contributed by atoms with Crippen LogP contribution in [-0.4, -0.2) is 45.0 Å². The number of rotatable bonds is 3. The fourth-order valence-corrected chi connectivity index (χ4v) is 2.49. The smallest absolute Gasteiger partial charge is 0.255 e. The maximum atomic E-state index is 11.9. The molecule has 24 heavy (non-hydrogen) atoms. The number of amides is 1. The summed E-state index contributed by atoms with van der Waals surface area (Å²) >= 11 is 0. The highest BCUT2D eigenvalue weighted by molar-refractivity contribution is 5.90. The molecule has 3 aromatic heterocycles. The Hall–Kier alpha value is -3.24. The maximum absolute atomic E-state index is 11.9. The lowest BCUT2D eigenvalue weighted by molar-refractivity contribution is -0.137. The topological polar surface area (TPSA) is 106 Å². The van der Waals surface area contributed by atoms with Crippen LogP contribution in [0.25, 0.3) is 22.2 Å². The monoisotopic (exact) mass is 321 g/mol. The highest BCUT2D eigenvalue weighted by Crippen LogP contribution is 2.29. The van der Waals surface area contributed by atoms with Crippen LogP contribution in [0.2, 0.25) is 0 Å². The van der Waals surface area contributed by atoms with E-state index < -0.39 is 12.0 Å². The Labute approximate surface area is 138 Å². The van der Waals surface area contributed by atoms with Crippen molar-refractivity contribution in [2.45, 2.75) is 6.10 Å². The summed E-state index contributed by atoms with van der Waals surface area (Å²) in [5, 5.41) is 20.4. The van der Waals surface area contributed by atoms with Crippen molar-refractivity contribution in [3.63, 3.8) is 0 Å². The zero-order valence-electron chi connectivity index (χ0n) is 13.2. The van der Waals surface area contributed by atoms with E-state index in [2.05, 4.69) is 21.0 Å². The van der Waals surface area contributed by atoms with Gasteiger partial charge >= 0.3 is 0 Å². The zero-order valence-corrected chi connectivity index (χ0v) is 13.2. The molecule has 3 aromatic rings. The molecule has 1 unspecified atom stereocenters. The van der Waals surface area contributed by atoms with Crippen molar-refractivity contribution < 1.29 is 9.90 Å². The van der Waals surface area contributed by atoms with Gasteiger partial charge in [0.05, 0.1) is 5.56 Å². The van der Waals surface area contributed by atoms with E-state index in [4.69, 9.17) is 0 Å². The summed E-state index contributed by atoms with van der Waals surface area (Å²) in [6, 6.07) is 5.62. The van der Waals surface area contributed by atoms with E-state index in [0.717, 1.165) is 0 Å². The number of aromatic amines is 1. The van der Waals surface area contributed by atoms with E-state index >= 15 is 0 Å². The first-order chi connectivity index (χ1) is 11.5. The molecule has 3 heterocycles. The van der Waals surface area contributed by atoms with Crippen LogP contribution in [0.3, 0.4) is 0 Å². The molecule has 7 nitrogen and oxygen atoms in total. The average molecular weight is 321 g/mol. The van der Waals surface area contributed by atoms with Gasteiger partial charge in [-0.2, -0.15) is 5.26 Å². The highest BCUT2D eigenvalue weighted by atomic mass is 16.3. The predicted molar refractivity (Wildman–Crippen MR) is 87.7 cm³/mol. The van der Waals surface area contributed by atoms with Gasteiger partial charge in [-0.3, -0.25) is 9.78 Å². The number of carbonyl (C=O) groups excluding carboxylic acids is 1. The summed E-state index contributed by atoms with van der Waals surface area (Å²) in [4.78, 5) is 24.6. The molecule has 0 bridgehead atoms. The molecule has 0 fully saturated rings. The molecular weight excluding hydrogens is 306 g/mol. The van der Waals surface area contributed by atoms with Gasteiger partial charge in [0, 0.05) is 61.0 Å². The van der Waals surface area contributed by atoms with Crippen LogP contribution in [0.1, 0.15) is 17.2 Å². The van der Waals surface area contributed by atoms with Crippen LogP contribution in [-0.2, 0) is 4.79 Å². The van der Waals surface area contributed by atoms with Gasteiger partial charge in [-0.15, -0.1) is 0 Å². The Morgan fingerprint density at radius 2 is 2.17 bits per heavy atom. The summed E-state index contributed by atoms with van der Waals surface area (Å²) in [5.74, 6) is -0.436. The van der Waals surface area contributed by atoms with Crippen molar-refractivity contribution in [3.8, 4) is 17.2 Å². The lowest BCUT2D eigenvalue weighted by Crippen LogP contribution is -2.28. The number of hydrogen-bond acceptors (Lipinski definition) is 5. The SMILES string of the molecule is CN(C)C(=O)C(O)c1cncc(-c2cnc3[nH]ccc3c2C#N)c1. The molecule has 0 aromatic carbocycles. The normalized spacial score (nSPS) is 11.9. The lowest BCUT2D eigenvalue weighted by Gasteiger charge is -2.16. The summed E-state index contributed by atoms with van der Waals surface area (Å²) in [6.07, 6.45) is 5.01. The van der Waals surface area contributed by atoms with Gasteiger partial charge in [-0.1, -0.05) is 0 Å². The van der Waals surface area contributed by atoms with Crippen molar-refractivity contribution >= 4 is 16.9 Å². The first-order valence-corrected chi connectivity index (χ1v) is 7.23. The number of nitriles is 1. The summed E-state index contributed by atoms with van der Waals surface area (Å²) in [6.45, 7) is 0. The van der Waals surface area contributed by atoms with Gasteiger partial charge in [-0.25, -0.2) is 4.98 Å². The van der Waals surface area contributed by atoms with Gasteiger partial charge < -0.3 is 15.0 Å². The largest absolute Gasteiger partial charge is 0.378 e. The third-order valence-corrected chi connectivity index (χ3v) is 3.76. The van der Waals surface area contributed by atoms with Crippen molar-refractivity contribution in [3.05, 3.63) is 48.0 Å². The van der Waals surface area contributed by atoms with Crippen LogP contribution in [0.5, 0.6) is 0 Å². The first-order valence-electron chi connectivity index (χ1n) is 7.23. The van der Waals surface area contributed by atoms with E-state index in [0.29, 0.717) is 33.3 Å². The Kier molecular flexibility index (Phi) is 3.98. The van der Waals surface area contributed by atoms with Gasteiger partial charge in [0.15, 0.2) is 6.10 Å². The number of carbonyl (C=O) groups is 1. The van der Waals surface area contributed by atoms with E-state index in [-0.39, 0.29) is 0 Å². The number of nitrogens with zero attached hydrogens (tertiary/aromatic N) is 4.